The number of unbranched alkanes of at least 4 members (excludes halogenated alkanes) is 3. The molecule has 2 aromatic rings. The van der Waals surface area contributed by atoms with Crippen molar-refractivity contribution in [1.29, 1.82) is 0 Å². The minimum absolute atomic E-state index is 0.0362. The molecule has 0 N–H and O–H groups in total. The molecule has 190 valence electrons. The van der Waals surface area contributed by atoms with E-state index >= 15 is 0 Å². The topological polar surface area (TPSA) is 55.8 Å². The van der Waals surface area contributed by atoms with E-state index in [9.17, 15) is 9.59 Å². The van der Waals surface area contributed by atoms with Gasteiger partial charge in [-0.15, -0.1) is 23.1 Å². The van der Waals surface area contributed by atoms with Gasteiger partial charge in [0.2, 0.25) is 0 Å². The minimum Gasteiger partial charge on any atom is -0.464 e. The molecule has 1 aromatic carbocycles. The van der Waals surface area contributed by atoms with Crippen molar-refractivity contribution in [1.82, 2.24) is 4.90 Å². The van der Waals surface area contributed by atoms with Crippen molar-refractivity contribution in [3.63, 3.8) is 0 Å². The van der Waals surface area contributed by atoms with E-state index in [2.05, 4.69) is 29.2 Å². The van der Waals surface area contributed by atoms with E-state index in [1.54, 1.807) is 29.2 Å². The number of carbonyl (C=O) groups is 2. The number of ketones is 1. The Morgan fingerprint density at radius 1 is 1.20 bits per heavy atom. The van der Waals surface area contributed by atoms with Gasteiger partial charge in [-0.3, -0.25) is 14.5 Å². The first-order valence-corrected chi connectivity index (χ1v) is 14.8. The van der Waals surface area contributed by atoms with E-state index < -0.39 is 0 Å². The highest BCUT2D eigenvalue weighted by atomic mass is 35.5. The summed E-state index contributed by atoms with van der Waals surface area (Å²) < 4.78 is 11.9. The van der Waals surface area contributed by atoms with Gasteiger partial charge in [-0.05, 0) is 37.0 Å². The maximum Gasteiger partial charge on any atom is 0.305 e. The summed E-state index contributed by atoms with van der Waals surface area (Å²) in [5, 5.41) is 3.88. The van der Waals surface area contributed by atoms with Gasteiger partial charge in [-0.1, -0.05) is 43.0 Å². The average molecular weight is 536 g/mol. The van der Waals surface area contributed by atoms with Crippen LogP contribution in [0.1, 0.15) is 38.5 Å². The summed E-state index contributed by atoms with van der Waals surface area (Å²) in [5.41, 5.74) is 0. The fraction of sp³-hybridized carbons (Fsp3) is 0.556. The zero-order valence-electron chi connectivity index (χ0n) is 20.1. The van der Waals surface area contributed by atoms with E-state index in [1.807, 2.05) is 5.38 Å². The predicted molar refractivity (Wildman–Crippen MR) is 145 cm³/mol. The second-order valence-corrected chi connectivity index (χ2v) is 11.6. The summed E-state index contributed by atoms with van der Waals surface area (Å²) in [6.07, 6.45) is 9.38. The second kappa shape index (κ2) is 13.8. The van der Waals surface area contributed by atoms with Gasteiger partial charge in [-0.25, -0.2) is 0 Å². The number of rotatable bonds is 13. The van der Waals surface area contributed by atoms with Crippen molar-refractivity contribution in [3.8, 4) is 0 Å². The van der Waals surface area contributed by atoms with Crippen LogP contribution in [0.2, 0.25) is 5.02 Å². The molecule has 8 heteroatoms. The van der Waals surface area contributed by atoms with Crippen LogP contribution in [0, 0.1) is 11.8 Å². The van der Waals surface area contributed by atoms with E-state index in [0.29, 0.717) is 18.9 Å². The number of thiophene rings is 1. The number of benzene rings is 1. The molecule has 4 rings (SSSR count). The molecule has 0 radical (unpaired) electrons. The molecule has 1 aliphatic carbocycles. The first-order valence-electron chi connectivity index (χ1n) is 12.6. The fourth-order valence-electron chi connectivity index (χ4n) is 4.70. The number of thioether (sulfide) groups is 1. The standard InChI is InChI=1S/C27H34ClNO4S2/c28-22-19-35-25-8-5-7-24(27(22)25)34-18-21-20(10-11-23(21)30)6-3-1-2-4-9-26(31)33-17-14-29-12-15-32-16-13-29/h5,7-8,10-11,19-21H,1-4,6,9,12-18H2/t20-,21+/m0/s1. The van der Waals surface area contributed by atoms with Crippen LogP contribution >= 0.6 is 34.7 Å². The molecule has 5 nitrogen and oxygen atoms in total. The molecule has 0 spiro atoms. The lowest BCUT2D eigenvalue weighted by molar-refractivity contribution is -0.144. The lowest BCUT2D eigenvalue weighted by atomic mass is 9.91. The van der Waals surface area contributed by atoms with Gasteiger partial charge in [0.25, 0.3) is 0 Å². The summed E-state index contributed by atoms with van der Waals surface area (Å²) in [5.74, 6) is 1.26. The Morgan fingerprint density at radius 2 is 2.03 bits per heavy atom. The number of ether oxygens (including phenoxy) is 2. The number of fused-ring (bicyclic) bond motifs is 1. The molecule has 0 amide bonds. The van der Waals surface area contributed by atoms with E-state index in [4.69, 9.17) is 21.1 Å². The van der Waals surface area contributed by atoms with Gasteiger partial charge in [0.15, 0.2) is 5.78 Å². The maximum absolute atomic E-state index is 12.5. The first kappa shape index (κ1) is 26.7. The lowest BCUT2D eigenvalue weighted by Gasteiger charge is -2.26. The van der Waals surface area contributed by atoms with Gasteiger partial charge in [-0.2, -0.15) is 0 Å². The van der Waals surface area contributed by atoms with Crippen LogP contribution in [0.5, 0.6) is 0 Å². The molecule has 0 bridgehead atoms. The van der Waals surface area contributed by atoms with Crippen molar-refractivity contribution < 1.29 is 19.1 Å². The Labute approximate surface area is 221 Å². The summed E-state index contributed by atoms with van der Waals surface area (Å²) in [4.78, 5) is 27.9. The van der Waals surface area contributed by atoms with Gasteiger partial charge in [0, 0.05) is 58.1 Å². The number of allylic oxidation sites excluding steroid dienone is 2. The number of hydrogen-bond acceptors (Lipinski definition) is 7. The van der Waals surface area contributed by atoms with Crippen LogP contribution in [-0.2, 0) is 19.1 Å². The maximum atomic E-state index is 12.5. The normalized spacial score (nSPS) is 20.7. The number of morpholine rings is 1. The van der Waals surface area contributed by atoms with E-state index in [0.717, 1.165) is 86.0 Å². The molecule has 0 unspecified atom stereocenters. The van der Waals surface area contributed by atoms with Crippen molar-refractivity contribution in [2.75, 3.05) is 45.2 Å². The van der Waals surface area contributed by atoms with Crippen LogP contribution in [0.3, 0.4) is 0 Å². The minimum atomic E-state index is -0.0968. The van der Waals surface area contributed by atoms with Crippen LogP contribution < -0.4 is 0 Å². The van der Waals surface area contributed by atoms with Gasteiger partial charge in [0.1, 0.15) is 6.61 Å². The van der Waals surface area contributed by atoms with Crippen molar-refractivity contribution in [2.24, 2.45) is 11.8 Å². The fourth-order valence-corrected chi connectivity index (χ4v) is 7.36. The van der Waals surface area contributed by atoms with E-state index in [1.165, 1.54) is 4.70 Å². The number of halogens is 1. The number of nitrogens with zero attached hydrogens (tertiary/aromatic N) is 1. The van der Waals surface area contributed by atoms with Crippen LogP contribution in [0.4, 0.5) is 0 Å². The summed E-state index contributed by atoms with van der Waals surface area (Å²) in [6, 6.07) is 6.25. The molecule has 1 fully saturated rings. The lowest BCUT2D eigenvalue weighted by Crippen LogP contribution is -2.38. The van der Waals surface area contributed by atoms with Crippen molar-refractivity contribution >= 4 is 56.5 Å². The number of hydrogen-bond donors (Lipinski definition) is 0. The Morgan fingerprint density at radius 3 is 2.89 bits per heavy atom. The average Bonchev–Trinajstić information content (AvgIpc) is 3.43. The SMILES string of the molecule is O=C(CCCCCC[C@H]1C=CC(=O)[C@@H]1CSc1cccc2scc(Cl)c12)OCCN1CCOCC1. The molecule has 2 aliphatic rings. The molecule has 1 saturated heterocycles. The molecule has 35 heavy (non-hydrogen) atoms. The van der Waals surface area contributed by atoms with E-state index in [-0.39, 0.29) is 17.7 Å². The zero-order chi connectivity index (χ0) is 24.5. The third-order valence-electron chi connectivity index (χ3n) is 6.77. The Hall–Kier alpha value is -1.38. The molecule has 1 aromatic heterocycles. The first-order chi connectivity index (χ1) is 17.1. The third-order valence-corrected chi connectivity index (χ3v) is 9.32. The molecular formula is C27H34ClNO4S2. The second-order valence-electron chi connectivity index (χ2n) is 9.18. The molecule has 2 heterocycles. The Balaban J connectivity index is 1.10. The summed E-state index contributed by atoms with van der Waals surface area (Å²) in [6.45, 7) is 4.61. The summed E-state index contributed by atoms with van der Waals surface area (Å²) >= 11 is 9.80. The largest absolute Gasteiger partial charge is 0.464 e. The van der Waals surface area contributed by atoms with Gasteiger partial charge in [0.05, 0.1) is 18.2 Å². The Kier molecular flexibility index (Phi) is 10.5. The quantitative estimate of drug-likeness (QED) is 0.172. The van der Waals surface area contributed by atoms with Crippen molar-refractivity contribution in [2.45, 2.75) is 43.4 Å². The van der Waals surface area contributed by atoms with Crippen LogP contribution in [-0.4, -0.2) is 61.9 Å². The highest BCUT2D eigenvalue weighted by molar-refractivity contribution is 7.99. The monoisotopic (exact) mass is 535 g/mol. The Bertz CT molecular complexity index is 1020. The zero-order valence-corrected chi connectivity index (χ0v) is 22.5. The van der Waals surface area contributed by atoms with Gasteiger partial charge < -0.3 is 9.47 Å². The van der Waals surface area contributed by atoms with Crippen LogP contribution in [0.15, 0.2) is 40.6 Å². The number of esters is 1. The van der Waals surface area contributed by atoms with Crippen molar-refractivity contribution in [3.05, 3.63) is 40.8 Å². The predicted octanol–water partition coefficient (Wildman–Crippen LogP) is 6.23. The molecule has 0 saturated carbocycles. The third kappa shape index (κ3) is 7.80. The van der Waals surface area contributed by atoms with Gasteiger partial charge >= 0.3 is 5.97 Å². The molecule has 2 atom stereocenters. The highest BCUT2D eigenvalue weighted by Gasteiger charge is 2.29. The smallest absolute Gasteiger partial charge is 0.305 e. The highest BCUT2D eigenvalue weighted by Crippen LogP contribution is 2.39. The van der Waals surface area contributed by atoms with Crippen LogP contribution in [0.25, 0.3) is 10.1 Å². The number of carbonyl (C=O) groups excluding carboxylic acids is 2. The molecule has 1 aliphatic heterocycles. The summed E-state index contributed by atoms with van der Waals surface area (Å²) in [7, 11) is 0. The molecular weight excluding hydrogens is 502 g/mol.